The number of nitrogens with zero attached hydrogens (tertiary/aromatic N) is 1. The van der Waals surface area contributed by atoms with Crippen molar-refractivity contribution < 1.29 is 14.6 Å². The summed E-state index contributed by atoms with van der Waals surface area (Å²) in [7, 11) is 5.31. The van der Waals surface area contributed by atoms with Crippen LogP contribution in [0.4, 0.5) is 0 Å². The van der Waals surface area contributed by atoms with Gasteiger partial charge in [0.2, 0.25) is 0 Å². The van der Waals surface area contributed by atoms with E-state index >= 15 is 0 Å². The Balaban J connectivity index is 2.56. The van der Waals surface area contributed by atoms with Crippen LogP contribution in [0.5, 0.6) is 11.5 Å². The van der Waals surface area contributed by atoms with Gasteiger partial charge < -0.3 is 19.5 Å². The molecule has 0 amide bonds. The first kappa shape index (κ1) is 16.8. The van der Waals surface area contributed by atoms with Crippen LogP contribution in [-0.2, 0) is 0 Å². The molecule has 1 aromatic rings. The molecule has 0 aliphatic rings. The van der Waals surface area contributed by atoms with Crippen LogP contribution < -0.4 is 9.47 Å². The molecule has 0 bridgehead atoms. The number of aliphatic hydroxyl groups is 1. The van der Waals surface area contributed by atoms with Gasteiger partial charge in [0.05, 0.1) is 20.3 Å². The summed E-state index contributed by atoms with van der Waals surface area (Å²) in [6, 6.07) is 5.56. The molecule has 4 nitrogen and oxygen atoms in total. The largest absolute Gasteiger partial charge is 0.493 e. The monoisotopic (exact) mass is 281 g/mol. The average Bonchev–Trinajstić information content (AvgIpc) is 2.49. The van der Waals surface area contributed by atoms with Crippen molar-refractivity contribution in [1.82, 2.24) is 4.90 Å². The Kier molecular flexibility index (Phi) is 7.41. The zero-order valence-electron chi connectivity index (χ0n) is 13.1. The maximum Gasteiger partial charge on any atom is 0.161 e. The van der Waals surface area contributed by atoms with Crippen molar-refractivity contribution in [1.29, 1.82) is 0 Å². The predicted molar refractivity (Wildman–Crippen MR) is 81.5 cm³/mol. The summed E-state index contributed by atoms with van der Waals surface area (Å²) < 4.78 is 10.5. The van der Waals surface area contributed by atoms with Gasteiger partial charge >= 0.3 is 0 Å². The first-order valence-corrected chi connectivity index (χ1v) is 7.20. The number of benzene rings is 1. The minimum atomic E-state index is -0.473. The molecule has 0 aliphatic heterocycles. The molecule has 1 N–H and O–H groups in total. The Morgan fingerprint density at radius 1 is 1.15 bits per heavy atom. The van der Waals surface area contributed by atoms with Gasteiger partial charge in [-0.05, 0) is 44.1 Å². The first-order chi connectivity index (χ1) is 9.62. The molecule has 0 aliphatic carbocycles. The molecular formula is C16H27NO3. The summed E-state index contributed by atoms with van der Waals surface area (Å²) in [4.78, 5) is 2.26. The van der Waals surface area contributed by atoms with Crippen LogP contribution in [0.25, 0.3) is 0 Å². The molecule has 1 rings (SSSR count). The van der Waals surface area contributed by atoms with E-state index in [1.165, 1.54) is 12.8 Å². The van der Waals surface area contributed by atoms with Crippen LogP contribution in [0.3, 0.4) is 0 Å². The molecule has 0 radical (unpaired) electrons. The van der Waals surface area contributed by atoms with E-state index in [1.54, 1.807) is 14.2 Å². The normalized spacial score (nSPS) is 12.5. The summed E-state index contributed by atoms with van der Waals surface area (Å²) in [5, 5.41) is 10.3. The Labute approximate surface area is 122 Å². The van der Waals surface area contributed by atoms with Gasteiger partial charge in [-0.25, -0.2) is 0 Å². The second-order valence-electron chi connectivity index (χ2n) is 5.08. The highest BCUT2D eigenvalue weighted by Gasteiger charge is 2.12. The van der Waals surface area contributed by atoms with Gasteiger partial charge in [-0.15, -0.1) is 0 Å². The molecule has 0 saturated heterocycles. The maximum absolute atomic E-state index is 10.3. The standard InChI is InChI=1S/C16H27NO3/c1-5-6-10-17(2)11-9-14(18)13-7-8-15(19-3)16(12-13)20-4/h7-8,12,14,18H,5-6,9-11H2,1-4H3. The molecule has 1 atom stereocenters. The molecule has 4 heteroatoms. The van der Waals surface area contributed by atoms with Gasteiger partial charge in [-0.2, -0.15) is 0 Å². The molecule has 0 spiro atoms. The van der Waals surface area contributed by atoms with Crippen LogP contribution >= 0.6 is 0 Å². The minimum Gasteiger partial charge on any atom is -0.493 e. The number of aliphatic hydroxyl groups excluding tert-OH is 1. The van der Waals surface area contributed by atoms with Crippen LogP contribution in [0.2, 0.25) is 0 Å². The fraction of sp³-hybridized carbons (Fsp3) is 0.625. The van der Waals surface area contributed by atoms with E-state index in [-0.39, 0.29) is 0 Å². The summed E-state index contributed by atoms with van der Waals surface area (Å²) in [6.07, 6.45) is 2.64. The number of ether oxygens (including phenoxy) is 2. The van der Waals surface area contributed by atoms with Gasteiger partial charge in [-0.3, -0.25) is 0 Å². The van der Waals surface area contributed by atoms with Crippen molar-refractivity contribution >= 4 is 0 Å². The molecular weight excluding hydrogens is 254 g/mol. The van der Waals surface area contributed by atoms with E-state index in [0.717, 1.165) is 25.1 Å². The van der Waals surface area contributed by atoms with E-state index in [1.807, 2.05) is 18.2 Å². The average molecular weight is 281 g/mol. The van der Waals surface area contributed by atoms with Crippen molar-refractivity contribution in [3.05, 3.63) is 23.8 Å². The zero-order chi connectivity index (χ0) is 15.0. The highest BCUT2D eigenvalue weighted by molar-refractivity contribution is 5.43. The van der Waals surface area contributed by atoms with Crippen LogP contribution in [0.15, 0.2) is 18.2 Å². The van der Waals surface area contributed by atoms with Gasteiger partial charge in [-0.1, -0.05) is 19.4 Å². The van der Waals surface area contributed by atoms with Gasteiger partial charge in [0.15, 0.2) is 11.5 Å². The van der Waals surface area contributed by atoms with Crippen LogP contribution in [0, 0.1) is 0 Å². The second-order valence-corrected chi connectivity index (χ2v) is 5.08. The van der Waals surface area contributed by atoms with E-state index in [4.69, 9.17) is 9.47 Å². The Hall–Kier alpha value is -1.26. The fourth-order valence-electron chi connectivity index (χ4n) is 2.11. The molecule has 1 unspecified atom stereocenters. The summed E-state index contributed by atoms with van der Waals surface area (Å²) in [5.74, 6) is 1.34. The predicted octanol–water partition coefficient (Wildman–Crippen LogP) is 2.86. The number of rotatable bonds is 9. The quantitative estimate of drug-likeness (QED) is 0.756. The third-order valence-electron chi connectivity index (χ3n) is 3.47. The molecule has 20 heavy (non-hydrogen) atoms. The van der Waals surface area contributed by atoms with E-state index in [2.05, 4.69) is 18.9 Å². The molecule has 0 heterocycles. The van der Waals surface area contributed by atoms with E-state index < -0.39 is 6.10 Å². The third kappa shape index (κ3) is 5.02. The highest BCUT2D eigenvalue weighted by Crippen LogP contribution is 2.30. The van der Waals surface area contributed by atoms with Gasteiger partial charge in [0, 0.05) is 6.54 Å². The molecule has 1 aromatic carbocycles. The lowest BCUT2D eigenvalue weighted by Crippen LogP contribution is -2.22. The van der Waals surface area contributed by atoms with E-state index in [0.29, 0.717) is 11.5 Å². The Bertz CT molecular complexity index is 395. The van der Waals surface area contributed by atoms with Crippen LogP contribution in [-0.4, -0.2) is 44.4 Å². The van der Waals surface area contributed by atoms with Crippen molar-refractivity contribution in [2.45, 2.75) is 32.3 Å². The molecule has 0 fully saturated rings. The Morgan fingerprint density at radius 3 is 2.45 bits per heavy atom. The minimum absolute atomic E-state index is 0.473. The molecule has 0 aromatic heterocycles. The van der Waals surface area contributed by atoms with Crippen molar-refractivity contribution in [3.8, 4) is 11.5 Å². The topological polar surface area (TPSA) is 41.9 Å². The SMILES string of the molecule is CCCCN(C)CCC(O)c1ccc(OC)c(OC)c1. The number of hydrogen-bond acceptors (Lipinski definition) is 4. The van der Waals surface area contributed by atoms with Gasteiger partial charge in [0.1, 0.15) is 0 Å². The van der Waals surface area contributed by atoms with Gasteiger partial charge in [0.25, 0.3) is 0 Å². The molecule has 0 saturated carbocycles. The first-order valence-electron chi connectivity index (χ1n) is 7.20. The van der Waals surface area contributed by atoms with Crippen molar-refractivity contribution in [2.24, 2.45) is 0 Å². The Morgan fingerprint density at radius 2 is 1.85 bits per heavy atom. The molecule has 114 valence electrons. The summed E-state index contributed by atoms with van der Waals surface area (Å²) in [5.41, 5.74) is 0.867. The second kappa shape index (κ2) is 8.82. The van der Waals surface area contributed by atoms with Crippen LogP contribution in [0.1, 0.15) is 37.9 Å². The lowest BCUT2D eigenvalue weighted by atomic mass is 10.1. The van der Waals surface area contributed by atoms with Crippen molar-refractivity contribution in [2.75, 3.05) is 34.4 Å². The summed E-state index contributed by atoms with van der Waals surface area (Å²) in [6.45, 7) is 4.15. The smallest absolute Gasteiger partial charge is 0.161 e. The third-order valence-corrected chi connectivity index (χ3v) is 3.47. The van der Waals surface area contributed by atoms with E-state index in [9.17, 15) is 5.11 Å². The fourth-order valence-corrected chi connectivity index (χ4v) is 2.11. The lowest BCUT2D eigenvalue weighted by molar-refractivity contribution is 0.148. The van der Waals surface area contributed by atoms with Crippen molar-refractivity contribution in [3.63, 3.8) is 0 Å². The zero-order valence-corrected chi connectivity index (χ0v) is 13.1. The summed E-state index contributed by atoms with van der Waals surface area (Å²) >= 11 is 0. The number of hydrogen-bond donors (Lipinski definition) is 1. The number of unbranched alkanes of at least 4 members (excludes halogenated alkanes) is 1. The highest BCUT2D eigenvalue weighted by atomic mass is 16.5. The maximum atomic E-state index is 10.3. The lowest BCUT2D eigenvalue weighted by Gasteiger charge is -2.19. The number of methoxy groups -OCH3 is 2.